The number of carboxylic acids is 1. The minimum absolute atomic E-state index is 0.0871. The predicted octanol–water partition coefficient (Wildman–Crippen LogP) is 3.51. The summed E-state index contributed by atoms with van der Waals surface area (Å²) in [4.78, 5) is 14.9. The van der Waals surface area contributed by atoms with Crippen molar-refractivity contribution in [1.29, 1.82) is 0 Å². The van der Waals surface area contributed by atoms with Crippen LogP contribution in [-0.4, -0.2) is 22.7 Å². The van der Waals surface area contributed by atoms with Crippen LogP contribution in [0, 0.1) is 5.92 Å². The molecule has 1 N–H and O–H groups in total. The highest BCUT2D eigenvalue weighted by Crippen LogP contribution is 2.14. The minimum Gasteiger partial charge on any atom is -0.477 e. The van der Waals surface area contributed by atoms with Crippen LogP contribution in [0.15, 0.2) is 18.3 Å². The molecule has 0 bridgehead atoms. The van der Waals surface area contributed by atoms with Gasteiger partial charge in [-0.25, -0.2) is 9.78 Å². The lowest BCUT2D eigenvalue weighted by molar-refractivity contribution is 0.0661. The number of unbranched alkanes of at least 4 members (excludes halogenated alkanes) is 1. The standard InChI is InChI=1S/C15H23NO3/c1-3-5-7-12(4-2)10-19-11-13-8-6-9-16-14(13)15(17)18/h6,8-9,12H,3-5,7,10-11H2,1-2H3,(H,17,18). The Kier molecular flexibility index (Phi) is 7.11. The lowest BCUT2D eigenvalue weighted by atomic mass is 10.0. The Morgan fingerprint density at radius 3 is 2.89 bits per heavy atom. The van der Waals surface area contributed by atoms with Crippen LogP contribution in [0.1, 0.15) is 55.6 Å². The van der Waals surface area contributed by atoms with Gasteiger partial charge in [-0.3, -0.25) is 0 Å². The van der Waals surface area contributed by atoms with Crippen molar-refractivity contribution in [3.05, 3.63) is 29.6 Å². The molecule has 0 aliphatic rings. The van der Waals surface area contributed by atoms with Crippen molar-refractivity contribution in [2.75, 3.05) is 6.61 Å². The van der Waals surface area contributed by atoms with Gasteiger partial charge in [0.25, 0.3) is 0 Å². The van der Waals surface area contributed by atoms with Crippen molar-refractivity contribution in [2.45, 2.75) is 46.1 Å². The Balaban J connectivity index is 2.46. The summed E-state index contributed by atoms with van der Waals surface area (Å²) in [5.41, 5.74) is 0.726. The highest BCUT2D eigenvalue weighted by molar-refractivity contribution is 5.86. The zero-order valence-electron chi connectivity index (χ0n) is 11.8. The lowest BCUT2D eigenvalue weighted by Crippen LogP contribution is -2.11. The van der Waals surface area contributed by atoms with E-state index in [1.807, 2.05) is 0 Å². The van der Waals surface area contributed by atoms with E-state index in [1.54, 1.807) is 12.1 Å². The number of hydrogen-bond donors (Lipinski definition) is 1. The molecule has 0 saturated heterocycles. The largest absolute Gasteiger partial charge is 0.477 e. The zero-order valence-corrected chi connectivity index (χ0v) is 11.8. The summed E-state index contributed by atoms with van der Waals surface area (Å²) in [6.07, 6.45) is 6.17. The van der Waals surface area contributed by atoms with Crippen molar-refractivity contribution in [3.8, 4) is 0 Å². The third-order valence-electron chi connectivity index (χ3n) is 3.25. The van der Waals surface area contributed by atoms with Crippen LogP contribution in [0.4, 0.5) is 0 Å². The van der Waals surface area contributed by atoms with Gasteiger partial charge in [0.2, 0.25) is 0 Å². The highest BCUT2D eigenvalue weighted by Gasteiger charge is 2.12. The quantitative estimate of drug-likeness (QED) is 0.742. The molecule has 0 fully saturated rings. The first-order valence-corrected chi connectivity index (χ1v) is 6.93. The molecule has 1 rings (SSSR count). The molecule has 1 aromatic heterocycles. The summed E-state index contributed by atoms with van der Waals surface area (Å²) < 4.78 is 5.66. The van der Waals surface area contributed by atoms with Crippen molar-refractivity contribution in [2.24, 2.45) is 5.92 Å². The van der Waals surface area contributed by atoms with E-state index in [0.717, 1.165) is 6.42 Å². The van der Waals surface area contributed by atoms with Gasteiger partial charge < -0.3 is 9.84 Å². The van der Waals surface area contributed by atoms with Crippen molar-refractivity contribution < 1.29 is 14.6 Å². The zero-order chi connectivity index (χ0) is 14.1. The first-order valence-electron chi connectivity index (χ1n) is 6.93. The topological polar surface area (TPSA) is 59.4 Å². The molecule has 106 valence electrons. The second kappa shape index (κ2) is 8.64. The summed E-state index contributed by atoms with van der Waals surface area (Å²) in [6.45, 7) is 5.35. The maximum atomic E-state index is 11.0. The summed E-state index contributed by atoms with van der Waals surface area (Å²) in [6, 6.07) is 3.49. The second-order valence-corrected chi connectivity index (χ2v) is 4.75. The molecule has 1 heterocycles. The maximum absolute atomic E-state index is 11.0. The summed E-state index contributed by atoms with van der Waals surface area (Å²) in [5.74, 6) is -0.442. The normalized spacial score (nSPS) is 12.3. The first kappa shape index (κ1) is 15.6. The van der Waals surface area contributed by atoms with Crippen LogP contribution in [0.3, 0.4) is 0 Å². The Hall–Kier alpha value is -1.42. The second-order valence-electron chi connectivity index (χ2n) is 4.75. The minimum atomic E-state index is -1.00. The number of aromatic carboxylic acids is 1. The Bertz CT molecular complexity index is 393. The molecule has 1 aromatic rings. The van der Waals surface area contributed by atoms with Gasteiger partial charge >= 0.3 is 5.97 Å². The van der Waals surface area contributed by atoms with Crippen molar-refractivity contribution in [1.82, 2.24) is 4.98 Å². The van der Waals surface area contributed by atoms with E-state index in [9.17, 15) is 4.79 Å². The van der Waals surface area contributed by atoms with Gasteiger partial charge in [0.1, 0.15) is 0 Å². The van der Waals surface area contributed by atoms with Crippen LogP contribution in [-0.2, 0) is 11.3 Å². The summed E-state index contributed by atoms with van der Waals surface area (Å²) >= 11 is 0. The molecule has 0 aliphatic heterocycles. The van der Waals surface area contributed by atoms with Gasteiger partial charge in [-0.15, -0.1) is 0 Å². The SMILES string of the molecule is CCCCC(CC)COCc1cccnc1C(=O)O. The molecule has 19 heavy (non-hydrogen) atoms. The van der Waals surface area contributed by atoms with E-state index >= 15 is 0 Å². The van der Waals surface area contributed by atoms with Gasteiger partial charge in [-0.2, -0.15) is 0 Å². The molecular formula is C15H23NO3. The van der Waals surface area contributed by atoms with Gasteiger partial charge in [0, 0.05) is 18.4 Å². The van der Waals surface area contributed by atoms with E-state index in [1.165, 1.54) is 25.5 Å². The fourth-order valence-corrected chi connectivity index (χ4v) is 1.98. The number of carboxylic acid groups (broad SMARTS) is 1. The van der Waals surface area contributed by atoms with Gasteiger partial charge in [0.05, 0.1) is 6.61 Å². The fourth-order valence-electron chi connectivity index (χ4n) is 1.98. The molecular weight excluding hydrogens is 242 g/mol. The molecule has 1 atom stereocenters. The molecule has 4 heteroatoms. The van der Waals surface area contributed by atoms with Crippen LogP contribution >= 0.6 is 0 Å². The average molecular weight is 265 g/mol. The van der Waals surface area contributed by atoms with Crippen LogP contribution in [0.2, 0.25) is 0 Å². The third kappa shape index (κ3) is 5.39. The smallest absolute Gasteiger partial charge is 0.354 e. The van der Waals surface area contributed by atoms with Gasteiger partial charge in [-0.05, 0) is 18.4 Å². The molecule has 0 radical (unpaired) electrons. The summed E-state index contributed by atoms with van der Waals surface area (Å²) in [7, 11) is 0. The number of hydrogen-bond acceptors (Lipinski definition) is 3. The van der Waals surface area contributed by atoms with Crippen molar-refractivity contribution in [3.63, 3.8) is 0 Å². The monoisotopic (exact) mass is 265 g/mol. The van der Waals surface area contributed by atoms with Gasteiger partial charge in [0.15, 0.2) is 5.69 Å². The fraction of sp³-hybridized carbons (Fsp3) is 0.600. The molecule has 4 nitrogen and oxygen atoms in total. The van der Waals surface area contributed by atoms with Gasteiger partial charge in [-0.1, -0.05) is 39.2 Å². The molecule has 0 aromatic carbocycles. The number of rotatable bonds is 9. The number of ether oxygens (including phenoxy) is 1. The molecule has 1 unspecified atom stereocenters. The van der Waals surface area contributed by atoms with E-state index < -0.39 is 5.97 Å². The number of nitrogens with zero attached hydrogens (tertiary/aromatic N) is 1. The highest BCUT2D eigenvalue weighted by atomic mass is 16.5. The van der Waals surface area contributed by atoms with E-state index in [4.69, 9.17) is 9.84 Å². The molecule has 0 amide bonds. The first-order chi connectivity index (χ1) is 9.19. The van der Waals surface area contributed by atoms with E-state index in [-0.39, 0.29) is 5.69 Å². The Morgan fingerprint density at radius 1 is 1.47 bits per heavy atom. The van der Waals surface area contributed by atoms with Crippen molar-refractivity contribution >= 4 is 5.97 Å². The average Bonchev–Trinajstić information content (AvgIpc) is 2.43. The van der Waals surface area contributed by atoms with Crippen LogP contribution < -0.4 is 0 Å². The molecule has 0 spiro atoms. The number of aromatic nitrogens is 1. The summed E-state index contributed by atoms with van der Waals surface area (Å²) in [5, 5.41) is 9.02. The molecule has 0 saturated carbocycles. The number of carbonyl (C=O) groups is 1. The maximum Gasteiger partial charge on any atom is 0.354 e. The Labute approximate surface area is 114 Å². The predicted molar refractivity (Wildman–Crippen MR) is 74.2 cm³/mol. The van der Waals surface area contributed by atoms with E-state index in [0.29, 0.717) is 24.7 Å². The Morgan fingerprint density at radius 2 is 2.26 bits per heavy atom. The third-order valence-corrected chi connectivity index (χ3v) is 3.25. The number of pyridine rings is 1. The van der Waals surface area contributed by atoms with Crippen LogP contribution in [0.25, 0.3) is 0 Å². The molecule has 0 aliphatic carbocycles. The van der Waals surface area contributed by atoms with E-state index in [2.05, 4.69) is 18.8 Å². The van der Waals surface area contributed by atoms with Crippen LogP contribution in [0.5, 0.6) is 0 Å². The lowest BCUT2D eigenvalue weighted by Gasteiger charge is -2.15.